The molecule has 0 aliphatic carbocycles. The average Bonchev–Trinajstić information content (AvgIpc) is 2.07. The van der Waals surface area contributed by atoms with E-state index in [1.54, 1.807) is 0 Å². The molecule has 0 saturated heterocycles. The van der Waals surface area contributed by atoms with Crippen LogP contribution in [-0.4, -0.2) is 15.0 Å². The van der Waals surface area contributed by atoms with Crippen LogP contribution in [0.2, 0.25) is 0 Å². The maximum atomic E-state index is 13.1. The van der Waals surface area contributed by atoms with E-state index >= 15 is 0 Å². The molecule has 1 aromatic rings. The molecule has 8 heteroatoms. The Kier molecular flexibility index (Phi) is 3.69. The molecule has 0 spiro atoms. The predicted octanol–water partition coefficient (Wildman–Crippen LogP) is 2.66. The normalized spacial score (nSPS) is 11.9. The van der Waals surface area contributed by atoms with Gasteiger partial charge < -0.3 is 4.74 Å². The Morgan fingerprint density at radius 3 is 2.38 bits per heavy atom. The maximum Gasteiger partial charge on any atom is 0.387 e. The van der Waals surface area contributed by atoms with Gasteiger partial charge >= 0.3 is 6.61 Å². The molecular weight excluding hydrogens is 269 g/mol. The number of halogens is 4. The molecule has 0 N–H and O–H groups in total. The first-order valence-corrected chi connectivity index (χ1v) is 6.22. The summed E-state index contributed by atoms with van der Waals surface area (Å²) in [5, 5.41) is 0. The van der Waals surface area contributed by atoms with Crippen molar-refractivity contribution < 1.29 is 26.3 Å². The molecule has 0 aromatic heterocycles. The summed E-state index contributed by atoms with van der Waals surface area (Å²) in [6, 6.07) is 1.38. The molecule has 3 nitrogen and oxygen atoms in total. The molecule has 0 amide bonds. The highest BCUT2D eigenvalue weighted by atomic mass is 35.7. The van der Waals surface area contributed by atoms with E-state index in [0.29, 0.717) is 6.07 Å². The van der Waals surface area contributed by atoms with Crippen LogP contribution in [0.15, 0.2) is 17.0 Å². The summed E-state index contributed by atoms with van der Waals surface area (Å²) in [5.74, 6) is -1.94. The fraction of sp³-hybridized carbons (Fsp3) is 0.250. The summed E-state index contributed by atoms with van der Waals surface area (Å²) >= 11 is 0. The Hall–Kier alpha value is -0.950. The van der Waals surface area contributed by atoms with Crippen LogP contribution in [0.5, 0.6) is 5.75 Å². The Morgan fingerprint density at radius 2 is 1.94 bits per heavy atom. The summed E-state index contributed by atoms with van der Waals surface area (Å²) in [6.45, 7) is -1.90. The van der Waals surface area contributed by atoms with Gasteiger partial charge in [-0.2, -0.15) is 8.78 Å². The number of ether oxygens (including phenoxy) is 1. The van der Waals surface area contributed by atoms with Gasteiger partial charge in [0.15, 0.2) is 11.6 Å². The molecule has 0 radical (unpaired) electrons. The minimum Gasteiger partial charge on any atom is -0.432 e. The van der Waals surface area contributed by atoms with Gasteiger partial charge in [0.1, 0.15) is 0 Å². The number of rotatable bonds is 3. The highest BCUT2D eigenvalue weighted by Gasteiger charge is 2.19. The Bertz CT molecular complexity index is 501. The number of benzene rings is 1. The zero-order valence-electron chi connectivity index (χ0n) is 7.88. The summed E-state index contributed by atoms with van der Waals surface area (Å²) in [6.07, 6.45) is 0. The molecule has 0 aliphatic heterocycles. The van der Waals surface area contributed by atoms with E-state index in [4.69, 9.17) is 10.7 Å². The smallest absolute Gasteiger partial charge is 0.387 e. The highest BCUT2D eigenvalue weighted by Crippen LogP contribution is 2.28. The molecule has 16 heavy (non-hydrogen) atoms. The van der Waals surface area contributed by atoms with Gasteiger partial charge in [-0.15, -0.1) is 0 Å². The van der Waals surface area contributed by atoms with Crippen molar-refractivity contribution in [3.05, 3.63) is 23.5 Å². The van der Waals surface area contributed by atoms with Crippen molar-refractivity contribution in [3.8, 4) is 5.75 Å². The lowest BCUT2D eigenvalue weighted by Gasteiger charge is -2.08. The van der Waals surface area contributed by atoms with Gasteiger partial charge in [-0.05, 0) is 24.6 Å². The first-order chi connectivity index (χ1) is 7.21. The van der Waals surface area contributed by atoms with Gasteiger partial charge in [0.05, 0.1) is 4.90 Å². The number of aryl methyl sites for hydroxylation is 1. The van der Waals surface area contributed by atoms with Crippen molar-refractivity contribution in [2.45, 2.75) is 18.4 Å². The van der Waals surface area contributed by atoms with E-state index in [-0.39, 0.29) is 5.56 Å². The van der Waals surface area contributed by atoms with Crippen molar-refractivity contribution in [2.24, 2.45) is 0 Å². The van der Waals surface area contributed by atoms with E-state index in [2.05, 4.69) is 4.74 Å². The minimum atomic E-state index is -4.11. The van der Waals surface area contributed by atoms with Crippen LogP contribution in [0, 0.1) is 12.7 Å². The Labute approximate surface area is 94.2 Å². The molecular formula is C8H6ClF3O3S. The fourth-order valence-electron chi connectivity index (χ4n) is 1.09. The van der Waals surface area contributed by atoms with Crippen LogP contribution in [-0.2, 0) is 9.05 Å². The zero-order chi connectivity index (χ0) is 12.5. The van der Waals surface area contributed by atoms with Gasteiger partial charge in [-0.25, -0.2) is 12.8 Å². The van der Waals surface area contributed by atoms with E-state index in [1.807, 2.05) is 0 Å². The zero-order valence-corrected chi connectivity index (χ0v) is 9.45. The quantitative estimate of drug-likeness (QED) is 0.796. The van der Waals surface area contributed by atoms with E-state index < -0.39 is 32.1 Å². The van der Waals surface area contributed by atoms with Crippen LogP contribution < -0.4 is 4.74 Å². The molecule has 1 aromatic carbocycles. The lowest BCUT2D eigenvalue weighted by Crippen LogP contribution is -2.05. The Morgan fingerprint density at radius 1 is 1.38 bits per heavy atom. The topological polar surface area (TPSA) is 43.4 Å². The van der Waals surface area contributed by atoms with E-state index in [1.165, 1.54) is 6.92 Å². The summed E-state index contributed by atoms with van der Waals surface area (Å²) in [7, 11) is 0.898. The molecule has 0 heterocycles. The SMILES string of the molecule is Cc1cc(OC(F)F)c(F)cc1S(=O)(=O)Cl. The van der Waals surface area contributed by atoms with E-state index in [0.717, 1.165) is 6.07 Å². The third-order valence-corrected chi connectivity index (χ3v) is 3.17. The van der Waals surface area contributed by atoms with Crippen LogP contribution in [0.4, 0.5) is 13.2 Å². The first-order valence-electron chi connectivity index (χ1n) is 3.91. The number of hydrogen-bond acceptors (Lipinski definition) is 3. The molecule has 0 fully saturated rings. The molecule has 0 atom stereocenters. The van der Waals surface area contributed by atoms with Crippen LogP contribution >= 0.6 is 10.7 Å². The second-order valence-electron chi connectivity index (χ2n) is 2.86. The lowest BCUT2D eigenvalue weighted by atomic mass is 10.2. The minimum absolute atomic E-state index is 0.0204. The van der Waals surface area contributed by atoms with Crippen molar-refractivity contribution in [1.29, 1.82) is 0 Å². The lowest BCUT2D eigenvalue weighted by molar-refractivity contribution is -0.0522. The van der Waals surface area contributed by atoms with Crippen molar-refractivity contribution in [1.82, 2.24) is 0 Å². The summed E-state index contributed by atoms with van der Waals surface area (Å²) in [5.41, 5.74) is 0.0204. The van der Waals surface area contributed by atoms with Gasteiger partial charge in [0.2, 0.25) is 0 Å². The number of alkyl halides is 2. The molecule has 0 saturated carbocycles. The fourth-order valence-corrected chi connectivity index (χ4v) is 2.27. The largest absolute Gasteiger partial charge is 0.432 e. The average molecular weight is 275 g/mol. The van der Waals surface area contributed by atoms with Crippen molar-refractivity contribution in [2.75, 3.05) is 0 Å². The van der Waals surface area contributed by atoms with Crippen molar-refractivity contribution in [3.63, 3.8) is 0 Å². The highest BCUT2D eigenvalue weighted by molar-refractivity contribution is 8.13. The molecule has 1 rings (SSSR count). The first kappa shape index (κ1) is 13.1. The van der Waals surface area contributed by atoms with Crippen LogP contribution in [0.3, 0.4) is 0 Å². The standard InChI is InChI=1S/C8H6ClF3O3S/c1-4-2-6(15-8(11)12)5(10)3-7(4)16(9,13)14/h2-3,8H,1H3. The van der Waals surface area contributed by atoms with Gasteiger partial charge in [-0.3, -0.25) is 0 Å². The maximum absolute atomic E-state index is 13.1. The molecule has 0 unspecified atom stereocenters. The number of hydrogen-bond donors (Lipinski definition) is 0. The second-order valence-corrected chi connectivity index (χ2v) is 5.40. The molecule has 0 aliphatic rings. The predicted molar refractivity (Wildman–Crippen MR) is 50.8 cm³/mol. The van der Waals surface area contributed by atoms with E-state index in [9.17, 15) is 21.6 Å². The van der Waals surface area contributed by atoms with Gasteiger partial charge in [0, 0.05) is 10.7 Å². The molecule has 90 valence electrons. The summed E-state index contributed by atoms with van der Waals surface area (Å²) in [4.78, 5) is -0.478. The van der Waals surface area contributed by atoms with Crippen LogP contribution in [0.1, 0.15) is 5.56 Å². The third-order valence-electron chi connectivity index (χ3n) is 1.71. The molecule has 0 bridgehead atoms. The van der Waals surface area contributed by atoms with Crippen molar-refractivity contribution >= 4 is 19.7 Å². The summed E-state index contributed by atoms with van der Waals surface area (Å²) < 4.78 is 62.6. The van der Waals surface area contributed by atoms with Gasteiger partial charge in [0.25, 0.3) is 9.05 Å². The third kappa shape index (κ3) is 3.02. The second kappa shape index (κ2) is 4.50. The van der Waals surface area contributed by atoms with Crippen LogP contribution in [0.25, 0.3) is 0 Å². The Balaban J connectivity index is 3.28. The van der Waals surface area contributed by atoms with Gasteiger partial charge in [-0.1, -0.05) is 0 Å². The monoisotopic (exact) mass is 274 g/mol.